The summed E-state index contributed by atoms with van der Waals surface area (Å²) in [5, 5.41) is 39.9. The van der Waals surface area contributed by atoms with Crippen LogP contribution in [0.25, 0.3) is 0 Å². The van der Waals surface area contributed by atoms with Gasteiger partial charge in [0.05, 0.1) is 6.61 Å². The Morgan fingerprint density at radius 3 is 2.50 bits per heavy atom. The van der Waals surface area contributed by atoms with Gasteiger partial charge in [-0.3, -0.25) is 4.79 Å². The van der Waals surface area contributed by atoms with E-state index in [1.54, 1.807) is 0 Å². The Balaban J connectivity index is 2.63. The summed E-state index contributed by atoms with van der Waals surface area (Å²) in [6.07, 6.45) is -2.16. The predicted octanol–water partition coefficient (Wildman–Crippen LogP) is -2.91. The van der Waals surface area contributed by atoms with Crippen molar-refractivity contribution in [2.45, 2.75) is 30.6 Å². The second-order valence-corrected chi connectivity index (χ2v) is 3.42. The third-order valence-corrected chi connectivity index (χ3v) is 2.36. The van der Waals surface area contributed by atoms with Crippen molar-refractivity contribution in [1.82, 2.24) is 5.32 Å². The van der Waals surface area contributed by atoms with Crippen LogP contribution in [-0.2, 0) is 9.53 Å². The highest BCUT2D eigenvalue weighted by Gasteiger charge is 2.43. The number of hydrogen-bond donors (Lipinski definition) is 5. The lowest BCUT2D eigenvalue weighted by Gasteiger charge is -2.40. The minimum absolute atomic E-state index is 0.508. The maximum absolute atomic E-state index is 10.0. The average Bonchev–Trinajstić information content (AvgIpc) is 2.28. The molecule has 7 heteroatoms. The lowest BCUT2D eigenvalue weighted by atomic mass is 9.97. The van der Waals surface area contributed by atoms with E-state index in [2.05, 4.69) is 5.32 Å². The molecule has 0 amide bonds. The number of nitrogens with one attached hydrogen (secondary N) is 1. The third kappa shape index (κ3) is 2.77. The summed E-state index contributed by atoms with van der Waals surface area (Å²) < 4.78 is 4.87. The number of rotatable bonds is 4. The van der Waals surface area contributed by atoms with Gasteiger partial charge in [-0.15, -0.1) is 0 Å². The predicted molar refractivity (Wildman–Crippen MR) is 52.1 cm³/mol. The Morgan fingerprint density at radius 2 is 1.94 bits per heavy atom. The van der Waals surface area contributed by atoms with Crippen molar-refractivity contribution in [2.24, 2.45) is 0 Å². The van der Waals surface area contributed by atoms with E-state index >= 15 is 0 Å². The number of carbonyl (C=O) groups is 1. The number of aliphatic hydroxyl groups is 4. The van der Waals surface area contributed by atoms with E-state index in [9.17, 15) is 20.1 Å². The number of ether oxygens (including phenoxy) is 1. The van der Waals surface area contributed by atoms with Crippen molar-refractivity contribution in [3.8, 4) is 0 Å². The molecule has 1 aliphatic heterocycles. The van der Waals surface area contributed by atoms with E-state index < -0.39 is 37.3 Å². The number of carbonyl (C=O) groups excluding carboxylic acids is 1. The van der Waals surface area contributed by atoms with E-state index in [0.717, 1.165) is 6.08 Å². The van der Waals surface area contributed by atoms with Gasteiger partial charge in [0, 0.05) is 6.20 Å². The highest BCUT2D eigenvalue weighted by molar-refractivity contribution is 5.64. The van der Waals surface area contributed by atoms with E-state index in [1.807, 2.05) is 0 Å². The van der Waals surface area contributed by atoms with Crippen LogP contribution in [-0.4, -0.2) is 64.0 Å². The molecule has 0 aromatic heterocycles. The lowest BCUT2D eigenvalue weighted by Crippen LogP contribution is -2.62. The van der Waals surface area contributed by atoms with Crippen molar-refractivity contribution < 1.29 is 30.0 Å². The Kier molecular flexibility index (Phi) is 4.84. The second-order valence-electron chi connectivity index (χ2n) is 3.42. The van der Waals surface area contributed by atoms with Crippen molar-refractivity contribution in [3.05, 3.63) is 12.3 Å². The SMILES string of the molecule is O=C/C=C/N[C@H]1C(O)O[C@H](CO)[C@@H](O)[C@@H]1O. The van der Waals surface area contributed by atoms with Crippen molar-refractivity contribution in [1.29, 1.82) is 0 Å². The average molecular weight is 233 g/mol. The number of aliphatic hydroxyl groups excluding tert-OH is 4. The lowest BCUT2D eigenvalue weighted by molar-refractivity contribution is -0.252. The summed E-state index contributed by atoms with van der Waals surface area (Å²) in [6, 6.07) is -0.964. The van der Waals surface area contributed by atoms with Crippen LogP contribution in [0.4, 0.5) is 0 Å². The topological polar surface area (TPSA) is 119 Å². The summed E-state index contributed by atoms with van der Waals surface area (Å²) in [5.74, 6) is 0. The third-order valence-electron chi connectivity index (χ3n) is 2.36. The molecule has 1 rings (SSSR count). The molecule has 0 radical (unpaired) electrons. The van der Waals surface area contributed by atoms with Crippen LogP contribution in [0.15, 0.2) is 12.3 Å². The standard InChI is InChI=1S/C9H15NO6/c11-3-1-2-10-6-8(14)7(13)5(4-12)16-9(6)15/h1-3,5-10,12-15H,4H2/b2-1+/t5-,6-,7-,8-,9?/m1/s1. The van der Waals surface area contributed by atoms with E-state index in [1.165, 1.54) is 6.20 Å². The first-order chi connectivity index (χ1) is 7.61. The van der Waals surface area contributed by atoms with Crippen molar-refractivity contribution in [3.63, 3.8) is 0 Å². The van der Waals surface area contributed by atoms with Crippen LogP contribution in [0.2, 0.25) is 0 Å². The highest BCUT2D eigenvalue weighted by Crippen LogP contribution is 2.19. The van der Waals surface area contributed by atoms with Crippen LogP contribution in [0.3, 0.4) is 0 Å². The summed E-state index contributed by atoms with van der Waals surface area (Å²) in [6.45, 7) is -0.508. The Morgan fingerprint density at radius 1 is 1.25 bits per heavy atom. The van der Waals surface area contributed by atoms with E-state index in [4.69, 9.17) is 9.84 Å². The number of hydrogen-bond acceptors (Lipinski definition) is 7. The molecule has 7 nitrogen and oxygen atoms in total. The summed E-state index contributed by atoms with van der Waals surface area (Å²) in [7, 11) is 0. The molecule has 0 bridgehead atoms. The zero-order valence-corrected chi connectivity index (χ0v) is 8.43. The molecule has 1 heterocycles. The van der Waals surface area contributed by atoms with Gasteiger partial charge >= 0.3 is 0 Å². The number of allylic oxidation sites excluding steroid dienone is 1. The van der Waals surface area contributed by atoms with Gasteiger partial charge in [0.2, 0.25) is 0 Å². The molecule has 0 aromatic rings. The Hall–Kier alpha value is -0.990. The molecule has 16 heavy (non-hydrogen) atoms. The van der Waals surface area contributed by atoms with Crippen molar-refractivity contribution >= 4 is 6.29 Å². The van der Waals surface area contributed by atoms with Gasteiger partial charge in [-0.25, -0.2) is 0 Å². The maximum Gasteiger partial charge on any atom is 0.178 e. The zero-order valence-electron chi connectivity index (χ0n) is 8.43. The monoisotopic (exact) mass is 233 g/mol. The fourth-order valence-electron chi connectivity index (χ4n) is 1.48. The molecule has 0 spiro atoms. The van der Waals surface area contributed by atoms with Crippen LogP contribution in [0, 0.1) is 0 Å². The van der Waals surface area contributed by atoms with Gasteiger partial charge in [0.25, 0.3) is 0 Å². The first-order valence-electron chi connectivity index (χ1n) is 4.78. The Bertz CT molecular complexity index is 258. The van der Waals surface area contributed by atoms with Gasteiger partial charge in [0.1, 0.15) is 30.6 Å². The molecule has 0 aliphatic carbocycles. The van der Waals surface area contributed by atoms with E-state index in [0.29, 0.717) is 6.29 Å². The smallest absolute Gasteiger partial charge is 0.178 e. The highest BCUT2D eigenvalue weighted by atomic mass is 16.6. The maximum atomic E-state index is 10.0. The molecule has 92 valence electrons. The fourth-order valence-corrected chi connectivity index (χ4v) is 1.48. The Labute approximate surface area is 92.0 Å². The van der Waals surface area contributed by atoms with Gasteiger partial charge in [-0.1, -0.05) is 0 Å². The molecule has 0 aromatic carbocycles. The minimum Gasteiger partial charge on any atom is -0.394 e. The first-order valence-corrected chi connectivity index (χ1v) is 4.78. The molecule has 5 atom stereocenters. The van der Waals surface area contributed by atoms with Crippen LogP contribution >= 0.6 is 0 Å². The molecular formula is C9H15NO6. The van der Waals surface area contributed by atoms with Gasteiger partial charge < -0.3 is 30.5 Å². The quantitative estimate of drug-likeness (QED) is 0.261. The van der Waals surface area contributed by atoms with Gasteiger partial charge in [-0.2, -0.15) is 0 Å². The van der Waals surface area contributed by atoms with Gasteiger partial charge in [-0.05, 0) is 6.08 Å². The van der Waals surface area contributed by atoms with Crippen molar-refractivity contribution in [2.75, 3.05) is 6.61 Å². The fraction of sp³-hybridized carbons (Fsp3) is 0.667. The summed E-state index contributed by atoms with van der Waals surface area (Å²) in [5.41, 5.74) is 0. The molecular weight excluding hydrogens is 218 g/mol. The van der Waals surface area contributed by atoms with Crippen LogP contribution < -0.4 is 5.32 Å². The first kappa shape index (κ1) is 13.1. The number of aldehydes is 1. The van der Waals surface area contributed by atoms with Gasteiger partial charge in [0.15, 0.2) is 6.29 Å². The molecule has 1 unspecified atom stereocenters. The van der Waals surface area contributed by atoms with Crippen LogP contribution in [0.5, 0.6) is 0 Å². The molecule has 5 N–H and O–H groups in total. The zero-order chi connectivity index (χ0) is 12.1. The second kappa shape index (κ2) is 5.92. The molecule has 0 saturated carbocycles. The normalized spacial score (nSPS) is 39.9. The minimum atomic E-state index is -1.38. The van der Waals surface area contributed by atoms with Crippen LogP contribution in [0.1, 0.15) is 0 Å². The molecule has 1 fully saturated rings. The summed E-state index contributed by atoms with van der Waals surface area (Å²) >= 11 is 0. The molecule has 1 saturated heterocycles. The molecule has 1 aliphatic rings. The van der Waals surface area contributed by atoms with E-state index in [-0.39, 0.29) is 0 Å². The summed E-state index contributed by atoms with van der Waals surface area (Å²) in [4.78, 5) is 10.0. The largest absolute Gasteiger partial charge is 0.394 e.